The molecule has 62 heavy (non-hydrogen) atoms. The van der Waals surface area contributed by atoms with Crippen molar-refractivity contribution < 1.29 is 0 Å². The summed E-state index contributed by atoms with van der Waals surface area (Å²) in [4.78, 5) is 4.75. The minimum Gasteiger partial charge on any atom is -0.310 e. The van der Waals surface area contributed by atoms with Crippen molar-refractivity contribution in [2.45, 2.75) is 27.7 Å². The van der Waals surface area contributed by atoms with Crippen molar-refractivity contribution in [3.63, 3.8) is 0 Å². The van der Waals surface area contributed by atoms with E-state index in [9.17, 15) is 0 Å². The summed E-state index contributed by atoms with van der Waals surface area (Å²) < 4.78 is 0. The molecule has 0 heterocycles. The molecule has 0 aliphatic heterocycles. The van der Waals surface area contributed by atoms with Crippen molar-refractivity contribution in [2.75, 3.05) is 9.80 Å². The minimum absolute atomic E-state index is 1.10. The highest BCUT2D eigenvalue weighted by Crippen LogP contribution is 2.37. The number of benzene rings is 9. The van der Waals surface area contributed by atoms with E-state index in [1.54, 1.807) is 0 Å². The van der Waals surface area contributed by atoms with Gasteiger partial charge in [0.1, 0.15) is 0 Å². The van der Waals surface area contributed by atoms with Crippen LogP contribution in [0.3, 0.4) is 0 Å². The summed E-state index contributed by atoms with van der Waals surface area (Å²) >= 11 is 0. The molecule has 1 aliphatic carbocycles. The van der Waals surface area contributed by atoms with Gasteiger partial charge in [-0.2, -0.15) is 0 Å². The third-order valence-corrected chi connectivity index (χ3v) is 12.1. The van der Waals surface area contributed by atoms with E-state index in [4.69, 9.17) is 0 Å². The molecule has 0 bridgehead atoms. The lowest BCUT2D eigenvalue weighted by atomic mass is 10.0. The van der Waals surface area contributed by atoms with Gasteiger partial charge in [-0.1, -0.05) is 168 Å². The van der Waals surface area contributed by atoms with Gasteiger partial charge in [0.2, 0.25) is 0 Å². The highest BCUT2D eigenvalue weighted by Gasteiger charge is 2.16. The summed E-state index contributed by atoms with van der Waals surface area (Å²) in [6.45, 7) is 8.55. The van der Waals surface area contributed by atoms with Gasteiger partial charge < -0.3 is 9.80 Å². The summed E-state index contributed by atoms with van der Waals surface area (Å²) in [5, 5.41) is 9.69. The minimum atomic E-state index is 1.10. The summed E-state index contributed by atoms with van der Waals surface area (Å²) in [5.74, 6) is 0. The molecule has 0 saturated heterocycles. The molecule has 10 rings (SSSR count). The molecule has 0 N–H and O–H groups in total. The Morgan fingerprint density at radius 3 is 0.823 bits per heavy atom. The van der Waals surface area contributed by atoms with Crippen LogP contribution in [0, 0.1) is 69.4 Å². The Morgan fingerprint density at radius 2 is 0.484 bits per heavy atom. The van der Waals surface area contributed by atoms with Crippen LogP contribution in [0.25, 0.3) is 12.2 Å². The normalized spacial score (nSPS) is 11.5. The van der Waals surface area contributed by atoms with Crippen LogP contribution in [0.4, 0.5) is 34.1 Å². The van der Waals surface area contributed by atoms with Crippen LogP contribution >= 0.6 is 0 Å². The third kappa shape index (κ3) is 7.53. The van der Waals surface area contributed by atoms with Crippen molar-refractivity contribution in [3.05, 3.63) is 281 Å². The largest absolute Gasteiger partial charge is 0.310 e. The molecule has 0 fully saturated rings. The van der Waals surface area contributed by atoms with E-state index in [1.165, 1.54) is 69.6 Å². The van der Waals surface area contributed by atoms with Gasteiger partial charge in [-0.25, -0.2) is 0 Å². The zero-order valence-electron chi connectivity index (χ0n) is 35.7. The molecule has 0 amide bonds. The molecule has 0 atom stereocenters. The summed E-state index contributed by atoms with van der Waals surface area (Å²) in [6.07, 6.45) is 4.37. The first-order valence-corrected chi connectivity index (χ1v) is 21.5. The smallest absolute Gasteiger partial charge is 0.0468 e. The average molecular weight is 797 g/mol. The van der Waals surface area contributed by atoms with Gasteiger partial charge in [0.25, 0.3) is 0 Å². The van der Waals surface area contributed by atoms with E-state index in [0.717, 1.165) is 39.7 Å². The highest BCUT2D eigenvalue weighted by molar-refractivity contribution is 5.79. The van der Waals surface area contributed by atoms with E-state index in [2.05, 4.69) is 256 Å². The molecule has 0 aromatic heterocycles. The molecule has 9 aromatic rings. The number of aryl methyl sites for hydroxylation is 4. The van der Waals surface area contributed by atoms with E-state index < -0.39 is 0 Å². The second-order valence-electron chi connectivity index (χ2n) is 16.6. The van der Waals surface area contributed by atoms with Gasteiger partial charge in [0.15, 0.2) is 0 Å². The number of hydrogen-bond acceptors (Lipinski definition) is 2. The molecule has 0 spiro atoms. The topological polar surface area (TPSA) is 6.48 Å². The lowest BCUT2D eigenvalue weighted by molar-refractivity contribution is 1.23. The first-order chi connectivity index (χ1) is 30.4. The van der Waals surface area contributed by atoms with Crippen molar-refractivity contribution in [1.82, 2.24) is 0 Å². The number of hydrogen-bond donors (Lipinski definition) is 0. The number of rotatable bonds is 8. The molecular weight excluding hydrogens is 749 g/mol. The summed E-state index contributed by atoms with van der Waals surface area (Å²) in [5.41, 5.74) is 14.0. The van der Waals surface area contributed by atoms with Crippen molar-refractivity contribution >= 4 is 46.3 Å². The molecule has 0 radical (unpaired) electrons. The Hall–Kier alpha value is -7.68. The first-order valence-electron chi connectivity index (χ1n) is 21.5. The van der Waals surface area contributed by atoms with Crippen molar-refractivity contribution in [2.24, 2.45) is 0 Å². The van der Waals surface area contributed by atoms with Crippen LogP contribution in [-0.4, -0.2) is 0 Å². The van der Waals surface area contributed by atoms with E-state index in [0.29, 0.717) is 0 Å². The van der Waals surface area contributed by atoms with E-state index in [-0.39, 0.29) is 0 Å². The maximum Gasteiger partial charge on any atom is 0.0468 e. The SMILES string of the molecule is Cc1ccc(C=Cc2ccc(N(c3ccc(C)cc3)c3ccc4c(c3)=c3ccccc3=c3ccc(N(c5ccc(C)cc5)c5ccc(C)cc5)cc3=c3ccccc3=4)cc2)cc1. The Morgan fingerprint density at radius 1 is 0.242 bits per heavy atom. The van der Waals surface area contributed by atoms with Crippen LogP contribution in [0.1, 0.15) is 33.4 Å². The maximum absolute atomic E-state index is 2.39. The molecule has 9 aromatic carbocycles. The van der Waals surface area contributed by atoms with Crippen LogP contribution in [0.15, 0.2) is 206 Å². The van der Waals surface area contributed by atoms with Crippen LogP contribution in [0.2, 0.25) is 0 Å². The standard InChI is InChI=1S/C60H48N2/c1-41-13-21-45(22-14-41)23-24-46-25-33-50(34-26-46)62(49-31-19-44(4)20-32-49)52-36-38-58-53-9-5-7-11-55(53)59-39-51(35-37-57(59)54-10-6-8-12-56(54)60(58)40-52)61(47-27-15-42(2)16-28-47)48-29-17-43(3)18-30-48/h5-40H,1-4H3. The Bertz CT molecular complexity index is 3470. The van der Waals surface area contributed by atoms with E-state index >= 15 is 0 Å². The average Bonchev–Trinajstić information content (AvgIpc) is 3.31. The predicted molar refractivity (Wildman–Crippen MR) is 260 cm³/mol. The lowest BCUT2D eigenvalue weighted by Crippen LogP contribution is -2.10. The van der Waals surface area contributed by atoms with Crippen molar-refractivity contribution in [3.8, 4) is 0 Å². The maximum atomic E-state index is 2.39. The quantitative estimate of drug-likeness (QED) is 0.141. The van der Waals surface area contributed by atoms with Gasteiger partial charge in [0.05, 0.1) is 0 Å². The Kier molecular flexibility index (Phi) is 10.2. The second kappa shape index (κ2) is 16.4. The zero-order valence-corrected chi connectivity index (χ0v) is 35.7. The second-order valence-corrected chi connectivity index (χ2v) is 16.6. The number of anilines is 6. The monoisotopic (exact) mass is 796 g/mol. The fourth-order valence-electron chi connectivity index (χ4n) is 8.74. The molecule has 298 valence electrons. The number of nitrogens with zero attached hydrogens (tertiary/aromatic N) is 2. The zero-order chi connectivity index (χ0) is 42.2. The van der Waals surface area contributed by atoms with Crippen molar-refractivity contribution in [1.29, 1.82) is 0 Å². The van der Waals surface area contributed by atoms with Gasteiger partial charge in [-0.05, 0) is 153 Å². The fraction of sp³-hybridized carbons (Fsp3) is 0.0667. The summed E-state index contributed by atoms with van der Waals surface area (Å²) in [6, 6.07) is 75.9. The third-order valence-electron chi connectivity index (χ3n) is 12.1. The summed E-state index contributed by atoms with van der Waals surface area (Å²) in [7, 11) is 0. The fourth-order valence-corrected chi connectivity index (χ4v) is 8.74. The molecule has 0 saturated carbocycles. The first kappa shape index (κ1) is 38.5. The van der Waals surface area contributed by atoms with Gasteiger partial charge in [-0.15, -0.1) is 0 Å². The molecule has 0 unspecified atom stereocenters. The van der Waals surface area contributed by atoms with Crippen LogP contribution < -0.4 is 9.80 Å². The molecule has 2 heteroatoms. The van der Waals surface area contributed by atoms with Gasteiger partial charge in [0, 0.05) is 34.1 Å². The van der Waals surface area contributed by atoms with Gasteiger partial charge >= 0.3 is 0 Å². The van der Waals surface area contributed by atoms with Crippen LogP contribution in [0.5, 0.6) is 0 Å². The molecule has 2 nitrogen and oxygen atoms in total. The Balaban J connectivity index is 1.20. The lowest BCUT2D eigenvalue weighted by Gasteiger charge is -2.26. The predicted octanol–water partition coefficient (Wildman–Crippen LogP) is 15.5. The highest BCUT2D eigenvalue weighted by atomic mass is 15.1. The molecule has 1 aliphatic rings. The molecular formula is C60H48N2. The van der Waals surface area contributed by atoms with E-state index in [1.807, 2.05) is 0 Å². The number of fused-ring (bicyclic) bond motifs is 4. The Labute approximate surface area is 363 Å². The van der Waals surface area contributed by atoms with Crippen LogP contribution in [-0.2, 0) is 0 Å². The van der Waals surface area contributed by atoms with Gasteiger partial charge in [-0.3, -0.25) is 0 Å².